The number of rotatable bonds is 6. The van der Waals surface area contributed by atoms with E-state index in [9.17, 15) is 0 Å². The minimum absolute atomic E-state index is 0.633. The van der Waals surface area contributed by atoms with Gasteiger partial charge in [0.15, 0.2) is 0 Å². The highest BCUT2D eigenvalue weighted by Crippen LogP contribution is 2.20. The van der Waals surface area contributed by atoms with Gasteiger partial charge in [-0.05, 0) is 56.7 Å². The van der Waals surface area contributed by atoms with Gasteiger partial charge in [0.2, 0.25) is 0 Å². The molecule has 1 rings (SSSR count). The normalized spacial score (nSPS) is 21.5. The molecule has 0 aromatic heterocycles. The van der Waals surface area contributed by atoms with Crippen LogP contribution < -0.4 is 0 Å². The molecular weight excluding hydrogens is 230 g/mol. The van der Waals surface area contributed by atoms with Crippen LogP contribution in [0.25, 0.3) is 0 Å². The molecule has 1 aliphatic rings. The van der Waals surface area contributed by atoms with Crippen LogP contribution in [-0.4, -0.2) is 24.5 Å². The van der Waals surface area contributed by atoms with Gasteiger partial charge in [-0.25, -0.2) is 0 Å². The van der Waals surface area contributed by atoms with Crippen molar-refractivity contribution in [3.8, 4) is 0 Å². The van der Waals surface area contributed by atoms with Crippen molar-refractivity contribution in [2.45, 2.75) is 47.0 Å². The fraction of sp³-hybridized carbons (Fsp3) is 0.667. The van der Waals surface area contributed by atoms with Gasteiger partial charge < -0.3 is 4.90 Å². The van der Waals surface area contributed by atoms with Crippen LogP contribution in [0, 0.1) is 11.8 Å². The largest absolute Gasteiger partial charge is 0.303 e. The van der Waals surface area contributed by atoms with Crippen molar-refractivity contribution in [1.29, 1.82) is 0 Å². The molecule has 0 radical (unpaired) electrons. The smallest absolute Gasteiger partial charge is 0.00444 e. The molecule has 0 aliphatic carbocycles. The molecule has 108 valence electrons. The highest BCUT2D eigenvalue weighted by Gasteiger charge is 2.17. The highest BCUT2D eigenvalue weighted by atomic mass is 15.1. The first kappa shape index (κ1) is 16.2. The van der Waals surface area contributed by atoms with E-state index in [1.165, 1.54) is 43.6 Å². The van der Waals surface area contributed by atoms with E-state index in [2.05, 4.69) is 51.3 Å². The lowest BCUT2D eigenvalue weighted by Gasteiger charge is -2.32. The van der Waals surface area contributed by atoms with Gasteiger partial charge in [0, 0.05) is 6.54 Å². The van der Waals surface area contributed by atoms with Gasteiger partial charge in [-0.1, -0.05) is 51.2 Å². The zero-order valence-corrected chi connectivity index (χ0v) is 13.3. The maximum absolute atomic E-state index is 3.89. The first-order valence-corrected chi connectivity index (χ1v) is 7.80. The maximum atomic E-state index is 3.89. The quantitative estimate of drug-likeness (QED) is 0.619. The predicted octanol–water partition coefficient (Wildman–Crippen LogP) is 4.82. The third-order valence-electron chi connectivity index (χ3n) is 4.26. The molecule has 1 unspecified atom stereocenters. The third kappa shape index (κ3) is 5.78. The Morgan fingerprint density at radius 1 is 1.37 bits per heavy atom. The fourth-order valence-electron chi connectivity index (χ4n) is 2.62. The standard InChI is InChI=1S/C18H31N/c1-6-8-18(7-2)13-16(4)17(5)14-19-11-9-15(3)10-12-19/h7-8,13,15,17H,2,6,9-12,14H2,1,3-5H3/b16-13+,18-8-. The zero-order valence-electron chi connectivity index (χ0n) is 13.3. The molecule has 1 nitrogen and oxygen atoms in total. The van der Waals surface area contributed by atoms with Crippen LogP contribution in [0.4, 0.5) is 0 Å². The second-order valence-corrected chi connectivity index (χ2v) is 6.09. The van der Waals surface area contributed by atoms with Crippen molar-refractivity contribution in [2.24, 2.45) is 11.8 Å². The van der Waals surface area contributed by atoms with Gasteiger partial charge in [-0.2, -0.15) is 0 Å². The number of hydrogen-bond donors (Lipinski definition) is 0. The molecule has 1 heterocycles. The van der Waals surface area contributed by atoms with E-state index in [0.29, 0.717) is 5.92 Å². The lowest BCUT2D eigenvalue weighted by molar-refractivity contribution is 0.178. The van der Waals surface area contributed by atoms with Crippen molar-refractivity contribution < 1.29 is 0 Å². The van der Waals surface area contributed by atoms with Gasteiger partial charge in [-0.15, -0.1) is 0 Å². The molecular formula is C18H31N. The summed E-state index contributed by atoms with van der Waals surface area (Å²) in [6.07, 6.45) is 10.3. The van der Waals surface area contributed by atoms with Crippen LogP contribution in [0.15, 0.2) is 36.0 Å². The summed E-state index contributed by atoms with van der Waals surface area (Å²) in [7, 11) is 0. The first-order chi connectivity index (χ1) is 9.06. The summed E-state index contributed by atoms with van der Waals surface area (Å²) >= 11 is 0. The van der Waals surface area contributed by atoms with Crippen LogP contribution in [0.5, 0.6) is 0 Å². The summed E-state index contributed by atoms with van der Waals surface area (Å²) in [4.78, 5) is 2.62. The Kier molecular flexibility index (Phi) is 7.15. The van der Waals surface area contributed by atoms with E-state index in [0.717, 1.165) is 12.3 Å². The molecule has 0 spiro atoms. The molecule has 0 bridgehead atoms. The monoisotopic (exact) mass is 261 g/mol. The Balaban J connectivity index is 2.52. The molecule has 19 heavy (non-hydrogen) atoms. The lowest BCUT2D eigenvalue weighted by Crippen LogP contribution is -2.36. The summed E-state index contributed by atoms with van der Waals surface area (Å²) in [5.41, 5.74) is 2.73. The second kappa shape index (κ2) is 8.37. The maximum Gasteiger partial charge on any atom is 0.00444 e. The van der Waals surface area contributed by atoms with E-state index in [4.69, 9.17) is 0 Å². The molecule has 0 saturated carbocycles. The van der Waals surface area contributed by atoms with E-state index < -0.39 is 0 Å². The predicted molar refractivity (Wildman–Crippen MR) is 86.3 cm³/mol. The van der Waals surface area contributed by atoms with Crippen LogP contribution in [0.1, 0.15) is 47.0 Å². The van der Waals surface area contributed by atoms with Gasteiger partial charge in [0.05, 0.1) is 0 Å². The number of hydrogen-bond acceptors (Lipinski definition) is 1. The Morgan fingerprint density at radius 2 is 2.00 bits per heavy atom. The second-order valence-electron chi connectivity index (χ2n) is 6.09. The highest BCUT2D eigenvalue weighted by molar-refractivity contribution is 5.32. The number of piperidine rings is 1. The molecule has 0 aromatic carbocycles. The summed E-state index contributed by atoms with van der Waals surface area (Å²) in [5.74, 6) is 1.55. The molecule has 1 atom stereocenters. The summed E-state index contributed by atoms with van der Waals surface area (Å²) in [6, 6.07) is 0. The van der Waals surface area contributed by atoms with E-state index >= 15 is 0 Å². The third-order valence-corrected chi connectivity index (χ3v) is 4.26. The van der Waals surface area contributed by atoms with Gasteiger partial charge in [0.1, 0.15) is 0 Å². The Hall–Kier alpha value is -0.820. The summed E-state index contributed by atoms with van der Waals surface area (Å²) < 4.78 is 0. The van der Waals surface area contributed by atoms with Gasteiger partial charge >= 0.3 is 0 Å². The van der Waals surface area contributed by atoms with Crippen molar-refractivity contribution in [3.63, 3.8) is 0 Å². The Labute approximate surface area is 120 Å². The van der Waals surface area contributed by atoms with Crippen molar-refractivity contribution in [3.05, 3.63) is 36.0 Å². The van der Waals surface area contributed by atoms with Crippen LogP contribution in [0.3, 0.4) is 0 Å². The summed E-state index contributed by atoms with van der Waals surface area (Å²) in [6.45, 7) is 16.8. The molecule has 1 fully saturated rings. The lowest BCUT2D eigenvalue weighted by atomic mass is 9.95. The van der Waals surface area contributed by atoms with Gasteiger partial charge in [0.25, 0.3) is 0 Å². The molecule has 1 heteroatoms. The molecule has 1 saturated heterocycles. The van der Waals surface area contributed by atoms with Gasteiger partial charge in [-0.3, -0.25) is 0 Å². The number of nitrogens with zero attached hydrogens (tertiary/aromatic N) is 1. The average molecular weight is 261 g/mol. The van der Waals surface area contributed by atoms with E-state index in [1.807, 2.05) is 6.08 Å². The van der Waals surface area contributed by atoms with Crippen molar-refractivity contribution in [2.75, 3.05) is 19.6 Å². The number of likely N-dealkylation sites (tertiary alicyclic amines) is 1. The van der Waals surface area contributed by atoms with Crippen LogP contribution >= 0.6 is 0 Å². The Morgan fingerprint density at radius 3 is 2.53 bits per heavy atom. The zero-order chi connectivity index (χ0) is 14.3. The van der Waals surface area contributed by atoms with Crippen LogP contribution in [-0.2, 0) is 0 Å². The molecule has 0 aromatic rings. The topological polar surface area (TPSA) is 3.24 Å². The van der Waals surface area contributed by atoms with E-state index in [-0.39, 0.29) is 0 Å². The minimum Gasteiger partial charge on any atom is -0.303 e. The van der Waals surface area contributed by atoms with Crippen molar-refractivity contribution >= 4 is 0 Å². The van der Waals surface area contributed by atoms with E-state index in [1.54, 1.807) is 0 Å². The molecule has 0 amide bonds. The summed E-state index contributed by atoms with van der Waals surface area (Å²) in [5, 5.41) is 0. The average Bonchev–Trinajstić information content (AvgIpc) is 2.40. The van der Waals surface area contributed by atoms with Crippen LogP contribution in [0.2, 0.25) is 0 Å². The first-order valence-electron chi connectivity index (χ1n) is 7.80. The SMILES string of the molecule is C=CC(=C/CC)/C=C(\C)C(C)CN1CCC(C)CC1. The number of allylic oxidation sites excluding steroid dienone is 4. The molecule has 1 aliphatic heterocycles. The van der Waals surface area contributed by atoms with Crippen molar-refractivity contribution in [1.82, 2.24) is 4.90 Å². The fourth-order valence-corrected chi connectivity index (χ4v) is 2.62. The minimum atomic E-state index is 0.633. The Bertz CT molecular complexity index is 330. The molecule has 0 N–H and O–H groups in total.